The molecule has 0 fully saturated rings. The lowest BCUT2D eigenvalue weighted by Crippen LogP contribution is -2.25. The van der Waals surface area contributed by atoms with Gasteiger partial charge in [-0.25, -0.2) is 0 Å². The highest BCUT2D eigenvalue weighted by atomic mass is 14.8. The summed E-state index contributed by atoms with van der Waals surface area (Å²) in [6.45, 7) is 5.60. The van der Waals surface area contributed by atoms with Gasteiger partial charge in [0.1, 0.15) is 0 Å². The Morgan fingerprint density at radius 2 is 1.87 bits per heavy atom. The summed E-state index contributed by atoms with van der Waals surface area (Å²) in [5.41, 5.74) is 1.61. The molecule has 1 heteroatoms. The molecule has 1 aromatic carbocycles. The molecule has 0 aliphatic carbocycles. The lowest BCUT2D eigenvalue weighted by atomic mass is 9.89. The summed E-state index contributed by atoms with van der Waals surface area (Å²) in [7, 11) is 2.00. The molecule has 0 saturated carbocycles. The SMILES string of the molecule is CNCC(C)(C)C/C=C/c1ccccc1. The van der Waals surface area contributed by atoms with Gasteiger partial charge in [-0.15, -0.1) is 0 Å². The van der Waals surface area contributed by atoms with Crippen molar-refractivity contribution >= 4 is 6.08 Å². The Morgan fingerprint density at radius 3 is 2.47 bits per heavy atom. The summed E-state index contributed by atoms with van der Waals surface area (Å²) >= 11 is 0. The van der Waals surface area contributed by atoms with Crippen LogP contribution in [0.15, 0.2) is 36.4 Å². The lowest BCUT2D eigenvalue weighted by Gasteiger charge is -2.22. The van der Waals surface area contributed by atoms with Crippen molar-refractivity contribution in [2.75, 3.05) is 13.6 Å². The molecule has 0 radical (unpaired) electrons. The first-order chi connectivity index (χ1) is 7.14. The Hall–Kier alpha value is -1.08. The lowest BCUT2D eigenvalue weighted by molar-refractivity contribution is 0.357. The quantitative estimate of drug-likeness (QED) is 0.774. The van der Waals surface area contributed by atoms with Crippen molar-refractivity contribution in [3.8, 4) is 0 Å². The molecule has 82 valence electrons. The van der Waals surface area contributed by atoms with Crippen molar-refractivity contribution in [1.29, 1.82) is 0 Å². The minimum absolute atomic E-state index is 0.333. The van der Waals surface area contributed by atoms with E-state index in [1.807, 2.05) is 13.1 Å². The second-order valence-corrected chi connectivity index (χ2v) is 4.71. The zero-order valence-electron chi connectivity index (χ0n) is 9.96. The third kappa shape index (κ3) is 4.80. The zero-order chi connectivity index (χ0) is 11.1. The highest BCUT2D eigenvalue weighted by Gasteiger charge is 2.13. The summed E-state index contributed by atoms with van der Waals surface area (Å²) in [6, 6.07) is 10.4. The first-order valence-electron chi connectivity index (χ1n) is 5.50. The smallest absolute Gasteiger partial charge is 0.000248 e. The van der Waals surface area contributed by atoms with E-state index in [1.54, 1.807) is 0 Å². The average Bonchev–Trinajstić information content (AvgIpc) is 2.19. The number of rotatable bonds is 5. The van der Waals surface area contributed by atoms with Crippen molar-refractivity contribution in [3.63, 3.8) is 0 Å². The maximum absolute atomic E-state index is 3.22. The Bertz CT molecular complexity index is 298. The topological polar surface area (TPSA) is 12.0 Å². The summed E-state index contributed by atoms with van der Waals surface area (Å²) < 4.78 is 0. The molecule has 0 aliphatic heterocycles. The highest BCUT2D eigenvalue weighted by Crippen LogP contribution is 2.20. The van der Waals surface area contributed by atoms with E-state index >= 15 is 0 Å². The van der Waals surface area contributed by atoms with Crippen LogP contribution >= 0.6 is 0 Å². The first-order valence-corrected chi connectivity index (χ1v) is 5.50. The number of allylic oxidation sites excluding steroid dienone is 1. The Labute approximate surface area is 93.2 Å². The molecule has 0 heterocycles. The monoisotopic (exact) mass is 203 g/mol. The van der Waals surface area contributed by atoms with Gasteiger partial charge in [-0.2, -0.15) is 0 Å². The predicted molar refractivity (Wildman–Crippen MR) is 67.8 cm³/mol. The van der Waals surface area contributed by atoms with Crippen molar-refractivity contribution in [1.82, 2.24) is 5.32 Å². The zero-order valence-corrected chi connectivity index (χ0v) is 9.96. The van der Waals surface area contributed by atoms with Crippen molar-refractivity contribution < 1.29 is 0 Å². The molecule has 0 saturated heterocycles. The molecule has 1 nitrogen and oxygen atoms in total. The third-order valence-corrected chi connectivity index (χ3v) is 2.44. The van der Waals surface area contributed by atoms with Gasteiger partial charge in [0.05, 0.1) is 0 Å². The van der Waals surface area contributed by atoms with E-state index in [2.05, 4.69) is 55.6 Å². The van der Waals surface area contributed by atoms with Gasteiger partial charge in [0.2, 0.25) is 0 Å². The summed E-state index contributed by atoms with van der Waals surface area (Å²) in [6.07, 6.45) is 5.55. The van der Waals surface area contributed by atoms with Crippen LogP contribution in [0.3, 0.4) is 0 Å². The third-order valence-electron chi connectivity index (χ3n) is 2.44. The number of benzene rings is 1. The normalized spacial score (nSPS) is 12.2. The number of nitrogens with one attached hydrogen (secondary N) is 1. The average molecular weight is 203 g/mol. The van der Waals surface area contributed by atoms with Crippen molar-refractivity contribution in [3.05, 3.63) is 42.0 Å². The fourth-order valence-electron chi connectivity index (χ4n) is 1.63. The van der Waals surface area contributed by atoms with Crippen LogP contribution in [0.25, 0.3) is 6.08 Å². The fraction of sp³-hybridized carbons (Fsp3) is 0.429. The Balaban J connectivity index is 2.46. The maximum Gasteiger partial charge on any atom is 0.000248 e. The highest BCUT2D eigenvalue weighted by molar-refractivity contribution is 5.48. The first kappa shape index (κ1) is 12.0. The summed E-state index contributed by atoms with van der Waals surface area (Å²) in [5.74, 6) is 0. The molecule has 15 heavy (non-hydrogen) atoms. The van der Waals surface area contributed by atoms with Crippen LogP contribution in [0.2, 0.25) is 0 Å². The Kier molecular flexibility index (Phi) is 4.57. The molecule has 0 atom stereocenters. The van der Waals surface area contributed by atoms with Crippen LogP contribution in [-0.4, -0.2) is 13.6 Å². The van der Waals surface area contributed by atoms with Crippen LogP contribution < -0.4 is 5.32 Å². The predicted octanol–water partition coefficient (Wildman–Crippen LogP) is 3.34. The van der Waals surface area contributed by atoms with Gasteiger partial charge in [0.15, 0.2) is 0 Å². The molecule has 0 aliphatic rings. The minimum atomic E-state index is 0.333. The fourth-order valence-corrected chi connectivity index (χ4v) is 1.63. The van der Waals surface area contributed by atoms with Crippen LogP contribution in [0.4, 0.5) is 0 Å². The molecule has 0 aromatic heterocycles. The van der Waals surface area contributed by atoms with Crippen molar-refractivity contribution in [2.45, 2.75) is 20.3 Å². The van der Waals surface area contributed by atoms with Gasteiger partial charge in [-0.3, -0.25) is 0 Å². The standard InChI is InChI=1S/C14H21N/c1-14(2,12-15-3)11-7-10-13-8-5-4-6-9-13/h4-10,15H,11-12H2,1-3H3/b10-7+. The second-order valence-electron chi connectivity index (χ2n) is 4.71. The van der Waals surface area contributed by atoms with E-state index < -0.39 is 0 Å². The summed E-state index contributed by atoms with van der Waals surface area (Å²) in [5, 5.41) is 3.22. The van der Waals surface area contributed by atoms with E-state index in [0.717, 1.165) is 13.0 Å². The second kappa shape index (κ2) is 5.72. The molecule has 0 amide bonds. The molecule has 1 rings (SSSR count). The molecule has 0 bridgehead atoms. The molecule has 0 spiro atoms. The van der Waals surface area contributed by atoms with E-state index in [9.17, 15) is 0 Å². The molecule has 0 unspecified atom stereocenters. The van der Waals surface area contributed by atoms with E-state index in [4.69, 9.17) is 0 Å². The molecular formula is C14H21N. The number of hydrogen-bond acceptors (Lipinski definition) is 1. The van der Waals surface area contributed by atoms with Crippen LogP contribution in [-0.2, 0) is 0 Å². The van der Waals surface area contributed by atoms with Gasteiger partial charge in [-0.1, -0.05) is 56.3 Å². The van der Waals surface area contributed by atoms with E-state index in [0.29, 0.717) is 5.41 Å². The Morgan fingerprint density at radius 1 is 1.20 bits per heavy atom. The van der Waals surface area contributed by atoms with Crippen LogP contribution in [0, 0.1) is 5.41 Å². The minimum Gasteiger partial charge on any atom is -0.319 e. The van der Waals surface area contributed by atoms with Gasteiger partial charge in [0.25, 0.3) is 0 Å². The molecule has 1 aromatic rings. The number of hydrogen-bond donors (Lipinski definition) is 1. The van der Waals surface area contributed by atoms with Gasteiger partial charge in [0, 0.05) is 6.54 Å². The summed E-state index contributed by atoms with van der Waals surface area (Å²) in [4.78, 5) is 0. The largest absolute Gasteiger partial charge is 0.319 e. The van der Waals surface area contributed by atoms with E-state index in [-0.39, 0.29) is 0 Å². The van der Waals surface area contributed by atoms with Crippen molar-refractivity contribution in [2.24, 2.45) is 5.41 Å². The molecule has 1 N–H and O–H groups in total. The maximum atomic E-state index is 3.22. The van der Waals surface area contributed by atoms with Gasteiger partial charge >= 0.3 is 0 Å². The van der Waals surface area contributed by atoms with Gasteiger partial charge in [-0.05, 0) is 24.4 Å². The van der Waals surface area contributed by atoms with E-state index in [1.165, 1.54) is 5.56 Å². The van der Waals surface area contributed by atoms with Crippen LogP contribution in [0.1, 0.15) is 25.8 Å². The van der Waals surface area contributed by atoms with Crippen LogP contribution in [0.5, 0.6) is 0 Å². The molecular weight excluding hydrogens is 182 g/mol. The van der Waals surface area contributed by atoms with Gasteiger partial charge < -0.3 is 5.32 Å².